The van der Waals surface area contributed by atoms with Crippen molar-refractivity contribution in [1.82, 2.24) is 14.6 Å². The van der Waals surface area contributed by atoms with E-state index in [-0.39, 0.29) is 10.8 Å². The molecule has 8 heteroatoms. The molecule has 0 unspecified atom stereocenters. The summed E-state index contributed by atoms with van der Waals surface area (Å²) in [7, 11) is -0.556. The van der Waals surface area contributed by atoms with Crippen LogP contribution in [0.4, 0.5) is 0 Å². The van der Waals surface area contributed by atoms with E-state index in [9.17, 15) is 13.2 Å². The topological polar surface area (TPSA) is 89.4 Å². The van der Waals surface area contributed by atoms with E-state index in [1.54, 1.807) is 7.05 Å². The highest BCUT2D eigenvalue weighted by Gasteiger charge is 2.19. The molecule has 7 nitrogen and oxygen atoms in total. The van der Waals surface area contributed by atoms with E-state index in [0.29, 0.717) is 24.9 Å². The van der Waals surface area contributed by atoms with Gasteiger partial charge in [0.2, 0.25) is 10.0 Å². The first-order valence-electron chi connectivity index (χ1n) is 8.44. The molecule has 1 saturated carbocycles. The molecule has 0 saturated heterocycles. The minimum atomic E-state index is -3.55. The number of ether oxygens (including phenoxy) is 1. The van der Waals surface area contributed by atoms with Crippen LogP contribution < -0.4 is 10.0 Å². The molecule has 0 bridgehead atoms. The van der Waals surface area contributed by atoms with Crippen LogP contribution in [0.15, 0.2) is 17.2 Å². The van der Waals surface area contributed by atoms with Crippen molar-refractivity contribution < 1.29 is 17.9 Å². The van der Waals surface area contributed by atoms with E-state index < -0.39 is 10.0 Å². The lowest BCUT2D eigenvalue weighted by Gasteiger charge is -2.21. The summed E-state index contributed by atoms with van der Waals surface area (Å²) in [6, 6.07) is 1.37. The summed E-state index contributed by atoms with van der Waals surface area (Å²) in [5, 5.41) is 2.81. The highest BCUT2D eigenvalue weighted by atomic mass is 32.2. The molecule has 0 aliphatic heterocycles. The van der Waals surface area contributed by atoms with Gasteiger partial charge < -0.3 is 14.6 Å². The molecule has 1 aromatic heterocycles. The van der Waals surface area contributed by atoms with Crippen LogP contribution in [0.2, 0.25) is 0 Å². The van der Waals surface area contributed by atoms with Gasteiger partial charge in [0.15, 0.2) is 0 Å². The minimum absolute atomic E-state index is 0.0817. The Bertz CT molecular complexity index is 648. The summed E-state index contributed by atoms with van der Waals surface area (Å²) < 4.78 is 33.1. The molecule has 136 valence electrons. The van der Waals surface area contributed by atoms with E-state index in [1.165, 1.54) is 43.1 Å². The number of carbonyl (C=O) groups is 1. The number of hydrogen-bond acceptors (Lipinski definition) is 4. The van der Waals surface area contributed by atoms with E-state index >= 15 is 0 Å². The maximum atomic E-state index is 12.2. The second-order valence-corrected chi connectivity index (χ2v) is 8.01. The van der Waals surface area contributed by atoms with Gasteiger partial charge in [-0.05, 0) is 32.4 Å². The lowest BCUT2D eigenvalue weighted by atomic mass is 9.98. The number of nitrogens with one attached hydrogen (secondary N) is 2. The van der Waals surface area contributed by atoms with Crippen molar-refractivity contribution in [3.63, 3.8) is 0 Å². The molecule has 1 aliphatic carbocycles. The minimum Gasteiger partial charge on any atom is -0.378 e. The molecule has 1 fully saturated rings. The van der Waals surface area contributed by atoms with Crippen molar-refractivity contribution in [3.8, 4) is 0 Å². The van der Waals surface area contributed by atoms with Crippen molar-refractivity contribution in [2.45, 2.75) is 49.5 Å². The van der Waals surface area contributed by atoms with Gasteiger partial charge in [-0.3, -0.25) is 4.79 Å². The summed E-state index contributed by atoms with van der Waals surface area (Å²) in [4.78, 5) is 12.3. The van der Waals surface area contributed by atoms with Crippen molar-refractivity contribution in [3.05, 3.63) is 18.0 Å². The third-order valence-electron chi connectivity index (χ3n) is 4.30. The van der Waals surface area contributed by atoms with Crippen LogP contribution in [0.5, 0.6) is 0 Å². The first-order chi connectivity index (χ1) is 11.4. The predicted octanol–water partition coefficient (Wildman–Crippen LogP) is 1.40. The third kappa shape index (κ3) is 5.06. The van der Waals surface area contributed by atoms with E-state index in [0.717, 1.165) is 19.3 Å². The lowest BCUT2D eigenvalue weighted by molar-refractivity contribution is 0.0273. The number of rotatable bonds is 8. The van der Waals surface area contributed by atoms with Crippen LogP contribution in [0.3, 0.4) is 0 Å². The highest BCUT2D eigenvalue weighted by Crippen LogP contribution is 2.20. The van der Waals surface area contributed by atoms with Crippen molar-refractivity contribution >= 4 is 15.9 Å². The largest absolute Gasteiger partial charge is 0.378 e. The zero-order valence-corrected chi connectivity index (χ0v) is 15.2. The van der Waals surface area contributed by atoms with E-state index in [1.807, 2.05) is 0 Å². The fourth-order valence-electron chi connectivity index (χ4n) is 2.87. The van der Waals surface area contributed by atoms with Gasteiger partial charge >= 0.3 is 0 Å². The summed E-state index contributed by atoms with van der Waals surface area (Å²) >= 11 is 0. The molecule has 2 rings (SSSR count). The SMILES string of the molecule is CNS(=O)(=O)c1cc(C(=O)NCCCOC2CCCCC2)n(C)c1. The Labute approximate surface area is 143 Å². The van der Waals surface area contributed by atoms with Gasteiger partial charge in [0, 0.05) is 26.4 Å². The van der Waals surface area contributed by atoms with Gasteiger partial charge in [0.25, 0.3) is 5.91 Å². The third-order valence-corrected chi connectivity index (χ3v) is 5.69. The molecule has 0 atom stereocenters. The molecule has 24 heavy (non-hydrogen) atoms. The number of aromatic nitrogens is 1. The lowest BCUT2D eigenvalue weighted by Crippen LogP contribution is -2.27. The molecule has 0 aromatic carbocycles. The number of nitrogens with zero attached hydrogens (tertiary/aromatic N) is 1. The first kappa shape index (κ1) is 19.0. The number of carbonyl (C=O) groups excluding carboxylic acids is 1. The van der Waals surface area contributed by atoms with Crippen LogP contribution >= 0.6 is 0 Å². The molecule has 1 aromatic rings. The quantitative estimate of drug-likeness (QED) is 0.688. The smallest absolute Gasteiger partial charge is 0.267 e. The Kier molecular flexibility index (Phi) is 6.82. The predicted molar refractivity (Wildman–Crippen MR) is 91.4 cm³/mol. The van der Waals surface area contributed by atoms with Crippen LogP contribution in [0.1, 0.15) is 49.0 Å². The summed E-state index contributed by atoms with van der Waals surface area (Å²) in [6.45, 7) is 1.14. The zero-order chi connectivity index (χ0) is 17.6. The Morgan fingerprint density at radius 1 is 1.33 bits per heavy atom. The molecule has 1 amide bonds. The van der Waals surface area contributed by atoms with Gasteiger partial charge in [-0.25, -0.2) is 13.1 Å². The van der Waals surface area contributed by atoms with Crippen LogP contribution in [0.25, 0.3) is 0 Å². The van der Waals surface area contributed by atoms with Gasteiger partial charge in [-0.2, -0.15) is 0 Å². The van der Waals surface area contributed by atoms with Gasteiger partial charge in [0.1, 0.15) is 10.6 Å². The number of hydrogen-bond donors (Lipinski definition) is 2. The van der Waals surface area contributed by atoms with Crippen LogP contribution in [-0.4, -0.2) is 45.2 Å². The summed E-state index contributed by atoms with van der Waals surface area (Å²) in [5.74, 6) is -0.285. The molecule has 2 N–H and O–H groups in total. The van der Waals surface area contributed by atoms with Crippen LogP contribution in [-0.2, 0) is 21.8 Å². The van der Waals surface area contributed by atoms with Crippen LogP contribution in [0, 0.1) is 0 Å². The molecular weight excluding hydrogens is 330 g/mol. The van der Waals surface area contributed by atoms with Gasteiger partial charge in [-0.15, -0.1) is 0 Å². The molecular formula is C16H27N3O4S. The second-order valence-electron chi connectivity index (χ2n) is 6.12. The fraction of sp³-hybridized carbons (Fsp3) is 0.688. The Balaban J connectivity index is 1.76. The van der Waals surface area contributed by atoms with Crippen molar-refractivity contribution in [1.29, 1.82) is 0 Å². The zero-order valence-electron chi connectivity index (χ0n) is 14.4. The molecule has 0 spiro atoms. The second kappa shape index (κ2) is 8.64. The summed E-state index contributed by atoms with van der Waals surface area (Å²) in [6.07, 6.45) is 8.60. The molecule has 1 heterocycles. The van der Waals surface area contributed by atoms with Gasteiger partial charge in [0.05, 0.1) is 6.10 Å². The van der Waals surface area contributed by atoms with Gasteiger partial charge in [-0.1, -0.05) is 19.3 Å². The first-order valence-corrected chi connectivity index (χ1v) is 9.92. The molecule has 1 aliphatic rings. The molecule has 0 radical (unpaired) electrons. The van der Waals surface area contributed by atoms with E-state index in [2.05, 4.69) is 10.0 Å². The Morgan fingerprint density at radius 2 is 2.04 bits per heavy atom. The standard InChI is InChI=1S/C16H27N3O4S/c1-17-24(21,22)14-11-15(19(2)12-14)16(20)18-9-6-10-23-13-7-4-3-5-8-13/h11-13,17H,3-10H2,1-2H3,(H,18,20). The fourth-order valence-corrected chi connectivity index (χ4v) is 3.67. The maximum absolute atomic E-state index is 12.2. The van der Waals surface area contributed by atoms with Crippen molar-refractivity contribution in [2.24, 2.45) is 7.05 Å². The highest BCUT2D eigenvalue weighted by molar-refractivity contribution is 7.89. The van der Waals surface area contributed by atoms with E-state index in [4.69, 9.17) is 4.74 Å². The van der Waals surface area contributed by atoms with Crippen molar-refractivity contribution in [2.75, 3.05) is 20.2 Å². The average Bonchev–Trinajstić information content (AvgIpc) is 2.98. The number of amides is 1. The maximum Gasteiger partial charge on any atom is 0.267 e. The summed E-state index contributed by atoms with van der Waals surface area (Å²) in [5.41, 5.74) is 0.317. The number of aryl methyl sites for hydroxylation is 1. The number of sulfonamides is 1. The average molecular weight is 357 g/mol. The normalized spacial score (nSPS) is 16.2. The monoisotopic (exact) mass is 357 g/mol. The Morgan fingerprint density at radius 3 is 2.71 bits per heavy atom. The Hall–Kier alpha value is -1.38.